The first-order chi connectivity index (χ1) is 30.1. The normalized spacial score (nSPS) is 27.2. The second-order valence-corrected chi connectivity index (χ2v) is 18.0. The lowest BCUT2D eigenvalue weighted by atomic mass is 9.91. The average molecular weight is 873 g/mol. The highest BCUT2D eigenvalue weighted by atomic mass is 31.2. The zero-order chi connectivity index (χ0) is 43.9. The van der Waals surface area contributed by atoms with Crippen LogP contribution in [-0.4, -0.2) is 92.6 Å². The summed E-state index contributed by atoms with van der Waals surface area (Å²) in [5, 5.41) is 6.06. The van der Waals surface area contributed by atoms with Crippen molar-refractivity contribution in [3.8, 4) is 0 Å². The summed E-state index contributed by atoms with van der Waals surface area (Å²) >= 11 is 0. The van der Waals surface area contributed by atoms with E-state index in [0.717, 1.165) is 22.3 Å². The molecule has 13 nitrogen and oxygen atoms in total. The lowest BCUT2D eigenvalue weighted by molar-refractivity contribution is -0.224. The fourth-order valence-corrected chi connectivity index (χ4v) is 9.54. The van der Waals surface area contributed by atoms with E-state index in [-0.39, 0.29) is 44.4 Å². The Morgan fingerprint density at radius 1 is 0.565 bits per heavy atom. The molecule has 2 fully saturated rings. The lowest BCUT2D eigenvalue weighted by Gasteiger charge is -2.47. The molecule has 0 bridgehead atoms. The van der Waals surface area contributed by atoms with Gasteiger partial charge in [-0.1, -0.05) is 128 Å². The predicted molar refractivity (Wildman–Crippen MR) is 234 cm³/mol. The smallest absolute Gasteiger partial charge is 0.333 e. The summed E-state index contributed by atoms with van der Waals surface area (Å²) in [7, 11) is -2.67. The molecule has 11 atom stereocenters. The Bertz CT molecular complexity index is 2000. The Labute approximate surface area is 365 Å². The molecule has 5 unspecified atom stereocenters. The highest BCUT2D eigenvalue weighted by molar-refractivity contribution is 7.53. The van der Waals surface area contributed by atoms with Gasteiger partial charge in [0.05, 0.1) is 69.6 Å². The summed E-state index contributed by atoms with van der Waals surface area (Å²) in [4.78, 5) is 25.4. The molecule has 6 rings (SSSR count). The maximum absolute atomic E-state index is 14.9. The number of ether oxygens (including phenoxy) is 6. The number of hydrogen-bond donors (Lipinski definition) is 2. The number of nitrogens with one attached hydrogen (secondary N) is 2. The predicted octanol–water partition coefficient (Wildman–Crippen LogP) is 7.16. The Morgan fingerprint density at radius 3 is 1.35 bits per heavy atom. The van der Waals surface area contributed by atoms with Crippen LogP contribution in [0.3, 0.4) is 0 Å². The summed E-state index contributed by atoms with van der Waals surface area (Å²) in [6.45, 7) is 7.48. The molecule has 2 aliphatic rings. The Kier molecular flexibility index (Phi) is 17.8. The third-order valence-corrected chi connectivity index (χ3v) is 13.0. The van der Waals surface area contributed by atoms with Crippen LogP contribution in [0.25, 0.3) is 0 Å². The second-order valence-electron chi connectivity index (χ2n) is 15.8. The average Bonchev–Trinajstić information content (AvgIpc) is 3.28. The third-order valence-electron chi connectivity index (χ3n) is 11.1. The van der Waals surface area contributed by atoms with E-state index >= 15 is 0 Å². The molecule has 14 heteroatoms. The van der Waals surface area contributed by atoms with Crippen LogP contribution in [0.5, 0.6) is 0 Å². The van der Waals surface area contributed by atoms with Gasteiger partial charge in [0, 0.05) is 21.0 Å². The van der Waals surface area contributed by atoms with E-state index in [2.05, 4.69) is 10.6 Å². The summed E-state index contributed by atoms with van der Waals surface area (Å²) in [6.07, 6.45) is -5.15. The van der Waals surface area contributed by atoms with Crippen molar-refractivity contribution in [2.45, 2.75) is 121 Å². The van der Waals surface area contributed by atoms with Crippen molar-refractivity contribution in [3.63, 3.8) is 0 Å². The standard InChI is InChI=1S/C48H61N2O11P/c1-6-40-45(55-27-36-19-11-7-12-20-36)48(58-30-39-25-17-10-18-26-39)44(50-35(4)52)42(61-40)32-62(53,54-5)59-31-41-46(56-28-37-21-13-8-14-22-37)47(43(33(2)60-41)49-34(3)51)57-29-38-23-15-9-16-24-38/h7-26,33,40-48H,6,27-32H2,1-5H3,(H,49,51)(H,50,52)/t33-,40?,41?,42-,43?,44?,45-,46+,47+,48+,62?/m1/s1. The highest BCUT2D eigenvalue weighted by Gasteiger charge is 2.51. The van der Waals surface area contributed by atoms with E-state index in [1.54, 1.807) is 0 Å². The van der Waals surface area contributed by atoms with Crippen LogP contribution >= 0.6 is 7.60 Å². The molecule has 2 amide bonds. The summed E-state index contributed by atoms with van der Waals surface area (Å²) < 4.78 is 66.7. The number of amides is 2. The molecule has 4 aromatic carbocycles. The summed E-state index contributed by atoms with van der Waals surface area (Å²) in [5.41, 5.74) is 3.78. The number of benzene rings is 4. The van der Waals surface area contributed by atoms with Crippen molar-refractivity contribution >= 4 is 19.4 Å². The maximum Gasteiger partial charge on any atom is 0.333 e. The first-order valence-electron chi connectivity index (χ1n) is 21.3. The van der Waals surface area contributed by atoms with Crippen molar-refractivity contribution in [3.05, 3.63) is 144 Å². The number of rotatable bonds is 21. The molecule has 0 saturated carbocycles. The van der Waals surface area contributed by atoms with Gasteiger partial charge in [-0.25, -0.2) is 0 Å². The topological polar surface area (TPSA) is 149 Å². The van der Waals surface area contributed by atoms with Gasteiger partial charge in [0.1, 0.15) is 30.5 Å². The molecule has 62 heavy (non-hydrogen) atoms. The molecule has 2 aliphatic heterocycles. The summed E-state index contributed by atoms with van der Waals surface area (Å²) in [5.74, 6) is -0.565. The first-order valence-corrected chi connectivity index (χ1v) is 23.0. The summed E-state index contributed by atoms with van der Waals surface area (Å²) in [6, 6.07) is 37.6. The van der Waals surface area contributed by atoms with Gasteiger partial charge in [-0.05, 0) is 35.6 Å². The molecule has 0 aliphatic carbocycles. The van der Waals surface area contributed by atoms with Crippen molar-refractivity contribution in [1.29, 1.82) is 0 Å². The van der Waals surface area contributed by atoms with Crippen molar-refractivity contribution in [2.24, 2.45) is 0 Å². The van der Waals surface area contributed by atoms with Crippen LogP contribution < -0.4 is 10.6 Å². The van der Waals surface area contributed by atoms with Gasteiger partial charge in [-0.15, -0.1) is 0 Å². The Balaban J connectivity index is 1.25. The fraction of sp³-hybridized carbons (Fsp3) is 0.458. The molecule has 0 aromatic heterocycles. The zero-order valence-electron chi connectivity index (χ0n) is 36.2. The molecule has 2 N–H and O–H groups in total. The largest absolute Gasteiger partial charge is 0.369 e. The number of hydrogen-bond acceptors (Lipinski definition) is 11. The van der Waals surface area contributed by atoms with Gasteiger partial charge in [0.15, 0.2) is 0 Å². The minimum Gasteiger partial charge on any atom is -0.369 e. The van der Waals surface area contributed by atoms with Crippen LogP contribution in [0.1, 0.15) is 56.4 Å². The molecule has 2 saturated heterocycles. The molecule has 334 valence electrons. The van der Waals surface area contributed by atoms with Crippen molar-refractivity contribution < 1.29 is 51.6 Å². The van der Waals surface area contributed by atoms with Crippen molar-refractivity contribution in [2.75, 3.05) is 19.9 Å². The molecule has 0 spiro atoms. The third kappa shape index (κ3) is 13.4. The van der Waals surface area contributed by atoms with E-state index in [4.69, 9.17) is 37.5 Å². The number of carbonyl (C=O) groups excluding carboxylic acids is 2. The van der Waals surface area contributed by atoms with Crippen LogP contribution in [-0.2, 0) is 78.1 Å². The van der Waals surface area contributed by atoms with Gasteiger partial charge >= 0.3 is 7.60 Å². The Hall–Kier alpha value is -4.27. The first kappa shape index (κ1) is 47.2. The monoisotopic (exact) mass is 872 g/mol. The molecule has 2 heterocycles. The quantitative estimate of drug-likeness (QED) is 0.0822. The van der Waals surface area contributed by atoms with E-state index in [0.29, 0.717) is 13.0 Å². The second kappa shape index (κ2) is 23.4. The molecular weight excluding hydrogens is 812 g/mol. The lowest BCUT2D eigenvalue weighted by Crippen LogP contribution is -2.65. The van der Waals surface area contributed by atoms with Crippen LogP contribution in [0, 0.1) is 0 Å². The number of carbonyl (C=O) groups is 2. The Morgan fingerprint density at radius 2 is 0.952 bits per heavy atom. The van der Waals surface area contributed by atoms with Gasteiger partial charge < -0.3 is 48.1 Å². The van der Waals surface area contributed by atoms with Crippen LogP contribution in [0.4, 0.5) is 0 Å². The highest BCUT2D eigenvalue weighted by Crippen LogP contribution is 2.50. The molecule has 0 radical (unpaired) electrons. The zero-order valence-corrected chi connectivity index (χ0v) is 37.1. The SMILES string of the molecule is CCC1O[C@H](CP(=O)(OC)OCC2O[C@H](C)C(NC(C)=O)[C@H](OCc3ccccc3)[C@H]2OCc2ccccc2)C(NC(C)=O)[C@H](OCc2ccccc2)[C@@H]1OCc1ccccc1. The van der Waals surface area contributed by atoms with E-state index < -0.39 is 68.5 Å². The molecule has 4 aromatic rings. The molecular formula is C48H61N2O11P. The fourth-order valence-electron chi connectivity index (χ4n) is 8.05. The minimum atomic E-state index is -4.00. The maximum atomic E-state index is 14.9. The van der Waals surface area contributed by atoms with Crippen molar-refractivity contribution in [1.82, 2.24) is 10.6 Å². The van der Waals surface area contributed by atoms with E-state index in [1.807, 2.05) is 135 Å². The van der Waals surface area contributed by atoms with Crippen LogP contribution in [0.15, 0.2) is 121 Å². The van der Waals surface area contributed by atoms with Gasteiger partial charge in [-0.3, -0.25) is 14.2 Å². The minimum absolute atomic E-state index is 0.210. The van der Waals surface area contributed by atoms with E-state index in [9.17, 15) is 14.2 Å². The van der Waals surface area contributed by atoms with Crippen LogP contribution in [0.2, 0.25) is 0 Å². The van der Waals surface area contributed by atoms with Gasteiger partial charge in [0.2, 0.25) is 11.8 Å². The van der Waals surface area contributed by atoms with Gasteiger partial charge in [0.25, 0.3) is 0 Å². The van der Waals surface area contributed by atoms with E-state index in [1.165, 1.54) is 21.0 Å². The van der Waals surface area contributed by atoms with Gasteiger partial charge in [-0.2, -0.15) is 0 Å².